The Balaban J connectivity index is 4.28. The highest BCUT2D eigenvalue weighted by Crippen LogP contribution is 2.14. The Bertz CT molecular complexity index is 1010. The molecule has 0 radical (unpaired) electrons. The average Bonchev–Trinajstić information content (AvgIpc) is 3.22. The second kappa shape index (κ2) is 49.0. The monoisotopic (exact) mass is 811 g/mol. The van der Waals surface area contributed by atoms with E-state index in [1.807, 2.05) is 0 Å². The van der Waals surface area contributed by atoms with E-state index in [1.54, 1.807) is 0 Å². The van der Waals surface area contributed by atoms with Crippen LogP contribution in [0.25, 0.3) is 0 Å². The lowest BCUT2D eigenvalue weighted by Gasteiger charge is -2.18. The minimum absolute atomic E-state index is 0.0735. The van der Waals surface area contributed by atoms with Crippen LogP contribution in [0.4, 0.5) is 0 Å². The van der Waals surface area contributed by atoms with Gasteiger partial charge in [-0.15, -0.1) is 0 Å². The van der Waals surface area contributed by atoms with Crippen LogP contribution in [0.2, 0.25) is 0 Å². The summed E-state index contributed by atoms with van der Waals surface area (Å²) in [6, 6.07) is 0. The van der Waals surface area contributed by atoms with Crippen molar-refractivity contribution in [3.05, 3.63) is 60.8 Å². The summed E-state index contributed by atoms with van der Waals surface area (Å²) in [5, 5.41) is 0. The smallest absolute Gasteiger partial charge is 0.306 e. The Labute approximate surface area is 360 Å². The number of esters is 2. The topological polar surface area (TPSA) is 61.8 Å². The van der Waals surface area contributed by atoms with Crippen LogP contribution in [0.15, 0.2) is 60.8 Å². The molecule has 0 aromatic heterocycles. The van der Waals surface area contributed by atoms with E-state index in [9.17, 15) is 9.59 Å². The van der Waals surface area contributed by atoms with Gasteiger partial charge in [-0.2, -0.15) is 0 Å². The van der Waals surface area contributed by atoms with E-state index < -0.39 is 6.10 Å². The number of unbranched alkanes of at least 4 members (excludes halogenated alkanes) is 24. The van der Waals surface area contributed by atoms with Crippen molar-refractivity contribution in [2.45, 2.75) is 245 Å². The summed E-state index contributed by atoms with van der Waals surface area (Å²) in [4.78, 5) is 25.3. The van der Waals surface area contributed by atoms with Crippen LogP contribution in [0, 0.1) is 0 Å². The lowest BCUT2D eigenvalue weighted by molar-refractivity contribution is -0.163. The minimum Gasteiger partial charge on any atom is -0.462 e. The zero-order valence-corrected chi connectivity index (χ0v) is 38.6. The Morgan fingerprint density at radius 1 is 0.397 bits per heavy atom. The van der Waals surface area contributed by atoms with Gasteiger partial charge in [0.1, 0.15) is 6.61 Å². The van der Waals surface area contributed by atoms with Gasteiger partial charge in [0.05, 0.1) is 6.61 Å². The molecule has 0 aromatic carbocycles. The Hall–Kier alpha value is -2.40. The maximum absolute atomic E-state index is 12.7. The van der Waals surface area contributed by atoms with Crippen molar-refractivity contribution < 1.29 is 23.8 Å². The predicted octanol–water partition coefficient (Wildman–Crippen LogP) is 16.6. The molecular weight excluding hydrogens is 717 g/mol. The van der Waals surface area contributed by atoms with Crippen LogP contribution in [0.1, 0.15) is 239 Å². The third-order valence-corrected chi connectivity index (χ3v) is 10.5. The number of hydrogen-bond donors (Lipinski definition) is 0. The van der Waals surface area contributed by atoms with Crippen LogP contribution in [-0.4, -0.2) is 37.9 Å². The summed E-state index contributed by atoms with van der Waals surface area (Å²) in [6.45, 7) is 7.66. The highest BCUT2D eigenvalue weighted by Gasteiger charge is 2.17. The minimum atomic E-state index is -0.546. The first-order valence-corrected chi connectivity index (χ1v) is 24.8. The summed E-state index contributed by atoms with van der Waals surface area (Å²) < 4.78 is 17.4. The normalized spacial score (nSPS) is 12.7. The molecule has 0 amide bonds. The van der Waals surface area contributed by atoms with Crippen molar-refractivity contribution in [2.75, 3.05) is 19.8 Å². The highest BCUT2D eigenvalue weighted by atomic mass is 16.6. The van der Waals surface area contributed by atoms with E-state index in [2.05, 4.69) is 81.5 Å². The zero-order valence-electron chi connectivity index (χ0n) is 38.6. The molecule has 58 heavy (non-hydrogen) atoms. The van der Waals surface area contributed by atoms with Crippen LogP contribution >= 0.6 is 0 Å². The molecule has 5 nitrogen and oxygen atoms in total. The molecule has 0 aromatic rings. The third-order valence-electron chi connectivity index (χ3n) is 10.5. The van der Waals surface area contributed by atoms with Gasteiger partial charge >= 0.3 is 11.9 Å². The summed E-state index contributed by atoms with van der Waals surface area (Å²) in [5.41, 5.74) is 0. The third kappa shape index (κ3) is 46.3. The van der Waals surface area contributed by atoms with Crippen LogP contribution in [0.3, 0.4) is 0 Å². The number of allylic oxidation sites excluding steroid dienone is 10. The molecule has 0 N–H and O–H groups in total. The van der Waals surface area contributed by atoms with E-state index >= 15 is 0 Å². The van der Waals surface area contributed by atoms with Crippen molar-refractivity contribution >= 4 is 11.9 Å². The molecule has 1 atom stereocenters. The Morgan fingerprint density at radius 3 is 1.28 bits per heavy atom. The van der Waals surface area contributed by atoms with E-state index in [-0.39, 0.29) is 25.2 Å². The largest absolute Gasteiger partial charge is 0.462 e. The van der Waals surface area contributed by atoms with Gasteiger partial charge in [0.25, 0.3) is 0 Å². The lowest BCUT2D eigenvalue weighted by Crippen LogP contribution is -2.30. The van der Waals surface area contributed by atoms with Crippen LogP contribution in [0.5, 0.6) is 0 Å². The molecule has 1 unspecified atom stereocenters. The fourth-order valence-corrected chi connectivity index (χ4v) is 6.85. The molecule has 336 valence electrons. The second-order valence-electron chi connectivity index (χ2n) is 16.3. The van der Waals surface area contributed by atoms with E-state index in [0.717, 1.165) is 83.5 Å². The molecule has 0 rings (SSSR count). The number of ether oxygens (including phenoxy) is 3. The van der Waals surface area contributed by atoms with Crippen LogP contribution < -0.4 is 0 Å². The quantitative estimate of drug-likeness (QED) is 0.0348. The van der Waals surface area contributed by atoms with E-state index in [4.69, 9.17) is 14.2 Å². The lowest BCUT2D eigenvalue weighted by atomic mass is 10.1. The van der Waals surface area contributed by atoms with E-state index in [1.165, 1.54) is 122 Å². The molecule has 0 saturated heterocycles. The second-order valence-corrected chi connectivity index (χ2v) is 16.3. The van der Waals surface area contributed by atoms with Gasteiger partial charge in [-0.3, -0.25) is 9.59 Å². The maximum Gasteiger partial charge on any atom is 0.306 e. The first kappa shape index (κ1) is 55.6. The SMILES string of the molecule is CC/C=C\C/C=C\C/C=C\CCCCCCCCOCC(COC(=O)CCCCCCC/C=C\C/C=C\CCCCC)OC(=O)CCCCCCCCCCCCC. The van der Waals surface area contributed by atoms with Gasteiger partial charge in [-0.05, 0) is 83.5 Å². The molecule has 0 saturated carbocycles. The first-order valence-electron chi connectivity index (χ1n) is 24.8. The standard InChI is InChI=1S/C53H94O5/c1-4-7-10-13-16-19-22-24-26-28-30-33-36-39-42-45-48-56-49-51(58-53(55)47-44-41-38-35-31-21-18-15-12-9-6-3)50-57-52(54)46-43-40-37-34-32-29-27-25-23-20-17-14-11-8-5-2/h7,10,16-17,19-20,24-27,51H,4-6,8-9,11-15,18,21-23,28-50H2,1-3H3/b10-7-,19-16-,20-17-,26-24-,27-25-. The molecule has 0 spiro atoms. The van der Waals surface area contributed by atoms with Crippen molar-refractivity contribution in [2.24, 2.45) is 0 Å². The van der Waals surface area contributed by atoms with Crippen LogP contribution in [-0.2, 0) is 23.8 Å². The molecule has 0 aliphatic carbocycles. The molecular formula is C53H94O5. The first-order chi connectivity index (χ1) is 28.6. The zero-order chi connectivity index (χ0) is 42.1. The maximum atomic E-state index is 12.7. The Morgan fingerprint density at radius 2 is 0.776 bits per heavy atom. The molecule has 0 fully saturated rings. The van der Waals surface area contributed by atoms with Crippen molar-refractivity contribution in [3.8, 4) is 0 Å². The summed E-state index contributed by atoms with van der Waals surface area (Å²) in [6.07, 6.45) is 60.8. The van der Waals surface area contributed by atoms with Gasteiger partial charge in [-0.25, -0.2) is 0 Å². The van der Waals surface area contributed by atoms with Gasteiger partial charge < -0.3 is 14.2 Å². The molecule has 0 bridgehead atoms. The van der Waals surface area contributed by atoms with Crippen molar-refractivity contribution in [1.29, 1.82) is 0 Å². The molecule has 0 aliphatic rings. The van der Waals surface area contributed by atoms with Crippen molar-refractivity contribution in [1.82, 2.24) is 0 Å². The molecule has 0 heterocycles. The van der Waals surface area contributed by atoms with Gasteiger partial charge in [0, 0.05) is 19.4 Å². The summed E-state index contributed by atoms with van der Waals surface area (Å²) in [7, 11) is 0. The van der Waals surface area contributed by atoms with Crippen molar-refractivity contribution in [3.63, 3.8) is 0 Å². The number of hydrogen-bond acceptors (Lipinski definition) is 5. The average molecular weight is 811 g/mol. The summed E-state index contributed by atoms with van der Waals surface area (Å²) >= 11 is 0. The fourth-order valence-electron chi connectivity index (χ4n) is 6.85. The van der Waals surface area contributed by atoms with E-state index in [0.29, 0.717) is 19.4 Å². The van der Waals surface area contributed by atoms with Gasteiger partial charge in [0.15, 0.2) is 6.10 Å². The summed E-state index contributed by atoms with van der Waals surface area (Å²) in [5.74, 6) is -0.416. The number of carbonyl (C=O) groups is 2. The fraction of sp³-hybridized carbons (Fsp3) is 0.774. The highest BCUT2D eigenvalue weighted by molar-refractivity contribution is 5.70. The molecule has 0 aliphatic heterocycles. The predicted molar refractivity (Wildman–Crippen MR) is 251 cm³/mol. The molecule has 5 heteroatoms. The Kier molecular flexibility index (Phi) is 46.9. The van der Waals surface area contributed by atoms with Gasteiger partial charge in [0.2, 0.25) is 0 Å². The number of carbonyl (C=O) groups excluding carboxylic acids is 2. The van der Waals surface area contributed by atoms with Gasteiger partial charge in [-0.1, -0.05) is 204 Å². The number of rotatable bonds is 45.